The van der Waals surface area contributed by atoms with Gasteiger partial charge in [-0.25, -0.2) is 0 Å². The van der Waals surface area contributed by atoms with E-state index < -0.39 is 39.8 Å². The fourth-order valence-electron chi connectivity index (χ4n) is 3.14. The molecule has 0 saturated carbocycles. The number of aliphatic hydroxyl groups excluding tert-OH is 2. The van der Waals surface area contributed by atoms with E-state index >= 15 is 0 Å². The van der Waals surface area contributed by atoms with Gasteiger partial charge in [0.25, 0.3) is 10.1 Å². The van der Waals surface area contributed by atoms with E-state index in [4.69, 9.17) is 4.55 Å². The Labute approximate surface area is 180 Å². The molecular weight excluding hydrogens is 406 g/mol. The van der Waals surface area contributed by atoms with E-state index in [-0.39, 0.29) is 24.6 Å². The largest absolute Gasteiger partial charge is 0.388 e. The van der Waals surface area contributed by atoms with Gasteiger partial charge in [0.1, 0.15) is 6.10 Å². The van der Waals surface area contributed by atoms with Gasteiger partial charge < -0.3 is 15.5 Å². The van der Waals surface area contributed by atoms with Crippen LogP contribution in [0.15, 0.2) is 47.6 Å². The second-order valence-corrected chi connectivity index (χ2v) is 9.76. The van der Waals surface area contributed by atoms with Crippen molar-refractivity contribution in [2.24, 2.45) is 17.8 Å². The van der Waals surface area contributed by atoms with E-state index in [1.54, 1.807) is 13.0 Å². The molecule has 0 radical (unpaired) electrons. The Morgan fingerprint density at radius 2 is 1.90 bits per heavy atom. The highest BCUT2D eigenvalue weighted by molar-refractivity contribution is 7.85. The zero-order valence-corrected chi connectivity index (χ0v) is 19.0. The minimum atomic E-state index is -4.09. The summed E-state index contributed by atoms with van der Waals surface area (Å²) >= 11 is 0. The highest BCUT2D eigenvalue weighted by Gasteiger charge is 2.37. The predicted octanol–water partition coefficient (Wildman–Crippen LogP) is 2.05. The van der Waals surface area contributed by atoms with Crippen LogP contribution in [-0.4, -0.2) is 60.0 Å². The molecule has 30 heavy (non-hydrogen) atoms. The first-order valence-electron chi connectivity index (χ1n) is 10.2. The number of aliphatic hydroxyl groups is 2. The summed E-state index contributed by atoms with van der Waals surface area (Å²) in [6.07, 6.45) is 9.93. The molecule has 0 aromatic heterocycles. The molecule has 0 spiro atoms. The SMILES string of the molecule is CC(=CC=CC(C)C=CCC(C)C)C1C(O)C=C(CNCCS(=O)(=O)O)C(=O)C1O. The maximum absolute atomic E-state index is 12.4. The van der Waals surface area contributed by atoms with Crippen molar-refractivity contribution >= 4 is 15.9 Å². The summed E-state index contributed by atoms with van der Waals surface area (Å²) in [5, 5.41) is 23.6. The molecule has 7 nitrogen and oxygen atoms in total. The Balaban J connectivity index is 2.73. The molecule has 0 aromatic rings. The van der Waals surface area contributed by atoms with Crippen molar-refractivity contribution in [2.75, 3.05) is 18.8 Å². The van der Waals surface area contributed by atoms with Gasteiger partial charge in [-0.3, -0.25) is 9.35 Å². The highest BCUT2D eigenvalue weighted by atomic mass is 32.2. The first-order valence-corrected chi connectivity index (χ1v) is 11.8. The number of hydrogen-bond acceptors (Lipinski definition) is 6. The van der Waals surface area contributed by atoms with Crippen LogP contribution >= 0.6 is 0 Å². The number of carbonyl (C=O) groups is 1. The van der Waals surface area contributed by atoms with Gasteiger partial charge in [0.15, 0.2) is 5.78 Å². The monoisotopic (exact) mass is 441 g/mol. The van der Waals surface area contributed by atoms with Gasteiger partial charge in [0.2, 0.25) is 0 Å². The number of hydrogen-bond donors (Lipinski definition) is 4. The Kier molecular flexibility index (Phi) is 10.9. The average molecular weight is 442 g/mol. The summed E-state index contributed by atoms with van der Waals surface area (Å²) in [7, 11) is -4.09. The van der Waals surface area contributed by atoms with Gasteiger partial charge >= 0.3 is 0 Å². The van der Waals surface area contributed by atoms with Crippen LogP contribution in [0.5, 0.6) is 0 Å². The molecule has 4 unspecified atom stereocenters. The van der Waals surface area contributed by atoms with Crippen LogP contribution in [0.25, 0.3) is 0 Å². The number of carbonyl (C=O) groups excluding carboxylic acids is 1. The van der Waals surface area contributed by atoms with E-state index in [0.717, 1.165) is 6.42 Å². The summed E-state index contributed by atoms with van der Waals surface area (Å²) in [4.78, 5) is 12.4. The summed E-state index contributed by atoms with van der Waals surface area (Å²) in [5.74, 6) is -0.873. The second kappa shape index (κ2) is 12.3. The van der Waals surface area contributed by atoms with Crippen LogP contribution in [0.4, 0.5) is 0 Å². The lowest BCUT2D eigenvalue weighted by atomic mass is 9.79. The van der Waals surface area contributed by atoms with Crippen molar-refractivity contribution in [1.82, 2.24) is 5.32 Å². The van der Waals surface area contributed by atoms with Crippen LogP contribution in [-0.2, 0) is 14.9 Å². The summed E-state index contributed by atoms with van der Waals surface area (Å²) in [6, 6.07) is 0. The van der Waals surface area contributed by atoms with Crippen molar-refractivity contribution < 1.29 is 28.0 Å². The number of allylic oxidation sites excluding steroid dienone is 5. The number of ketones is 1. The predicted molar refractivity (Wildman–Crippen MR) is 119 cm³/mol. The van der Waals surface area contributed by atoms with E-state index in [0.29, 0.717) is 11.5 Å². The third kappa shape index (κ3) is 9.49. The Morgan fingerprint density at radius 1 is 1.23 bits per heavy atom. The maximum Gasteiger partial charge on any atom is 0.266 e. The van der Waals surface area contributed by atoms with Crippen LogP contribution in [0, 0.1) is 17.8 Å². The molecule has 4 atom stereocenters. The van der Waals surface area contributed by atoms with E-state index in [1.165, 1.54) is 6.08 Å². The maximum atomic E-state index is 12.4. The zero-order valence-electron chi connectivity index (χ0n) is 18.2. The van der Waals surface area contributed by atoms with Crippen LogP contribution < -0.4 is 5.32 Å². The molecule has 0 aliphatic heterocycles. The van der Waals surface area contributed by atoms with Crippen LogP contribution in [0.3, 0.4) is 0 Å². The smallest absolute Gasteiger partial charge is 0.266 e. The number of nitrogens with one attached hydrogen (secondary N) is 1. The second-order valence-electron chi connectivity index (χ2n) is 8.19. The third-order valence-corrected chi connectivity index (χ3v) is 5.58. The number of rotatable bonds is 11. The minimum Gasteiger partial charge on any atom is -0.388 e. The molecule has 0 saturated heterocycles. The highest BCUT2D eigenvalue weighted by Crippen LogP contribution is 2.28. The van der Waals surface area contributed by atoms with Gasteiger partial charge in [-0.15, -0.1) is 0 Å². The topological polar surface area (TPSA) is 124 Å². The first kappa shape index (κ1) is 26.5. The summed E-state index contributed by atoms with van der Waals surface area (Å²) in [5.41, 5.74) is 0.876. The fraction of sp³-hybridized carbons (Fsp3) is 0.591. The first-order chi connectivity index (χ1) is 13.9. The van der Waals surface area contributed by atoms with Crippen molar-refractivity contribution in [3.05, 3.63) is 47.6 Å². The summed E-state index contributed by atoms with van der Waals surface area (Å²) in [6.45, 7) is 8.10. The van der Waals surface area contributed by atoms with Gasteiger partial charge in [0.05, 0.1) is 11.9 Å². The van der Waals surface area contributed by atoms with E-state index in [9.17, 15) is 23.4 Å². The van der Waals surface area contributed by atoms with Crippen molar-refractivity contribution in [1.29, 1.82) is 0 Å². The molecule has 0 heterocycles. The zero-order chi connectivity index (χ0) is 22.9. The lowest BCUT2D eigenvalue weighted by Crippen LogP contribution is -2.44. The molecule has 0 aromatic carbocycles. The minimum absolute atomic E-state index is 0.00190. The van der Waals surface area contributed by atoms with Crippen molar-refractivity contribution in [3.8, 4) is 0 Å². The van der Waals surface area contributed by atoms with Crippen LogP contribution in [0.1, 0.15) is 34.1 Å². The standard InChI is InChI=1S/C22H35NO6S/c1-15(2)7-5-8-16(3)9-6-10-17(4)20-19(24)13-18(21(25)22(20)26)14-23-11-12-30(27,28)29/h5-6,8-10,13,15-16,19-20,22-24,26H,7,11-12,14H2,1-4H3,(H,27,28,29). The van der Waals surface area contributed by atoms with Crippen molar-refractivity contribution in [2.45, 2.75) is 46.3 Å². The molecule has 1 aliphatic rings. The molecule has 4 N–H and O–H groups in total. The third-order valence-electron chi connectivity index (χ3n) is 4.86. The van der Waals surface area contributed by atoms with Gasteiger partial charge in [-0.05, 0) is 31.3 Å². The quantitative estimate of drug-likeness (QED) is 0.167. The van der Waals surface area contributed by atoms with Crippen molar-refractivity contribution in [3.63, 3.8) is 0 Å². The van der Waals surface area contributed by atoms with Gasteiger partial charge in [0, 0.05) is 24.6 Å². The van der Waals surface area contributed by atoms with E-state index in [2.05, 4.69) is 38.2 Å². The van der Waals surface area contributed by atoms with Gasteiger partial charge in [-0.1, -0.05) is 56.7 Å². The molecule has 170 valence electrons. The Bertz CT molecular complexity index is 794. The molecule has 1 aliphatic carbocycles. The van der Waals surface area contributed by atoms with E-state index in [1.807, 2.05) is 12.2 Å². The van der Waals surface area contributed by atoms with Crippen LogP contribution in [0.2, 0.25) is 0 Å². The molecule has 0 fully saturated rings. The lowest BCUT2D eigenvalue weighted by Gasteiger charge is -2.31. The molecular formula is C22H35NO6S. The normalized spacial score (nSPS) is 24.8. The molecule has 0 bridgehead atoms. The number of Topliss-reactive ketones (excluding diaryl/α,β-unsaturated/α-hetero) is 1. The molecule has 1 rings (SSSR count). The lowest BCUT2D eigenvalue weighted by molar-refractivity contribution is -0.128. The summed E-state index contributed by atoms with van der Waals surface area (Å²) < 4.78 is 30.1. The Hall–Kier alpha value is -1.58. The fourth-order valence-corrected chi connectivity index (χ4v) is 3.55. The average Bonchev–Trinajstić information content (AvgIpc) is 2.61. The molecule has 0 amide bonds. The Morgan fingerprint density at radius 3 is 2.50 bits per heavy atom. The van der Waals surface area contributed by atoms with Gasteiger partial charge in [-0.2, -0.15) is 8.42 Å². The molecule has 8 heteroatoms.